The van der Waals surface area contributed by atoms with E-state index in [-0.39, 0.29) is 23.6 Å². The fraction of sp³-hybridized carbons (Fsp3) is 0.286. The van der Waals surface area contributed by atoms with E-state index in [1.165, 1.54) is 11.3 Å². The van der Waals surface area contributed by atoms with Crippen LogP contribution in [0.4, 0.5) is 5.13 Å². The zero-order valence-corrected chi connectivity index (χ0v) is 15.0. The maximum Gasteiger partial charge on any atom is 0.192 e. The molecule has 1 aromatic carbocycles. The molecule has 2 aliphatic heterocycles. The van der Waals surface area contributed by atoms with E-state index in [1.54, 1.807) is 0 Å². The standard InChI is InChI=1S/C14H12ClN3O2S3/c15-9-4-2-1-3-8(9)10-5-22-14(17-10)18-12-7-23(19,20)6-11(12)16-13(18)21/h1-5,11-12H,6-7H2,(H,16,21). The van der Waals surface area contributed by atoms with Crippen LogP contribution in [0.15, 0.2) is 29.6 Å². The number of thiazole rings is 1. The third-order valence-electron chi connectivity index (χ3n) is 4.03. The molecule has 1 aromatic heterocycles. The highest BCUT2D eigenvalue weighted by molar-refractivity contribution is 7.91. The van der Waals surface area contributed by atoms with E-state index in [4.69, 9.17) is 23.8 Å². The molecule has 5 nitrogen and oxygen atoms in total. The van der Waals surface area contributed by atoms with Crippen LogP contribution in [0.3, 0.4) is 0 Å². The van der Waals surface area contributed by atoms with Crippen molar-refractivity contribution in [3.8, 4) is 11.3 Å². The van der Waals surface area contributed by atoms with Crippen LogP contribution in [-0.4, -0.2) is 42.1 Å². The summed E-state index contributed by atoms with van der Waals surface area (Å²) in [5, 5.41) is 6.88. The predicted molar refractivity (Wildman–Crippen MR) is 97.0 cm³/mol. The van der Waals surface area contributed by atoms with Crippen molar-refractivity contribution in [1.82, 2.24) is 10.3 Å². The van der Waals surface area contributed by atoms with Crippen molar-refractivity contribution in [3.63, 3.8) is 0 Å². The Hall–Kier alpha value is -1.22. The second-order valence-electron chi connectivity index (χ2n) is 5.57. The number of rotatable bonds is 2. The lowest BCUT2D eigenvalue weighted by atomic mass is 10.2. The van der Waals surface area contributed by atoms with Gasteiger partial charge >= 0.3 is 0 Å². The smallest absolute Gasteiger partial charge is 0.192 e. The summed E-state index contributed by atoms with van der Waals surface area (Å²) in [7, 11) is -3.03. The molecular formula is C14H12ClN3O2S3. The molecule has 23 heavy (non-hydrogen) atoms. The molecule has 0 radical (unpaired) electrons. The van der Waals surface area contributed by atoms with Crippen LogP contribution in [0.1, 0.15) is 0 Å². The number of nitrogens with zero attached hydrogens (tertiary/aromatic N) is 2. The van der Waals surface area contributed by atoms with Gasteiger partial charge in [-0.05, 0) is 18.3 Å². The molecule has 2 atom stereocenters. The largest absolute Gasteiger partial charge is 0.356 e. The maximum atomic E-state index is 11.9. The topological polar surface area (TPSA) is 62.3 Å². The molecule has 3 heterocycles. The summed E-state index contributed by atoms with van der Waals surface area (Å²) >= 11 is 13.0. The molecule has 2 saturated heterocycles. The molecule has 0 amide bonds. The minimum atomic E-state index is -3.03. The molecule has 0 bridgehead atoms. The number of benzene rings is 1. The number of nitrogens with one attached hydrogen (secondary N) is 1. The average molecular weight is 386 g/mol. The Morgan fingerprint density at radius 3 is 2.91 bits per heavy atom. The first-order valence-corrected chi connectivity index (χ1v) is 10.4. The monoisotopic (exact) mass is 385 g/mol. The highest BCUT2D eigenvalue weighted by atomic mass is 35.5. The van der Waals surface area contributed by atoms with Crippen molar-refractivity contribution >= 4 is 55.2 Å². The van der Waals surface area contributed by atoms with E-state index in [0.29, 0.717) is 15.3 Å². The van der Waals surface area contributed by atoms with Crippen LogP contribution in [-0.2, 0) is 9.84 Å². The summed E-state index contributed by atoms with van der Waals surface area (Å²) in [6.45, 7) is 0. The van der Waals surface area contributed by atoms with Crippen LogP contribution in [0.5, 0.6) is 0 Å². The number of halogens is 1. The highest BCUT2D eigenvalue weighted by Crippen LogP contribution is 2.35. The van der Waals surface area contributed by atoms with Crippen molar-refractivity contribution in [2.24, 2.45) is 0 Å². The van der Waals surface area contributed by atoms with Crippen molar-refractivity contribution in [1.29, 1.82) is 0 Å². The van der Waals surface area contributed by atoms with Gasteiger partial charge in [0.05, 0.1) is 29.3 Å². The van der Waals surface area contributed by atoms with Gasteiger partial charge in [0, 0.05) is 16.0 Å². The molecule has 120 valence electrons. The van der Waals surface area contributed by atoms with Gasteiger partial charge < -0.3 is 5.32 Å². The molecule has 2 aromatic rings. The van der Waals surface area contributed by atoms with Crippen molar-refractivity contribution in [2.75, 3.05) is 16.4 Å². The van der Waals surface area contributed by atoms with Gasteiger partial charge in [0.15, 0.2) is 20.1 Å². The van der Waals surface area contributed by atoms with E-state index in [0.717, 1.165) is 11.3 Å². The lowest BCUT2D eigenvalue weighted by Crippen LogP contribution is -2.36. The number of hydrogen-bond donors (Lipinski definition) is 1. The quantitative estimate of drug-likeness (QED) is 0.800. The van der Waals surface area contributed by atoms with Crippen LogP contribution < -0.4 is 10.2 Å². The second-order valence-corrected chi connectivity index (χ2v) is 9.35. The third kappa shape index (κ3) is 2.63. The summed E-state index contributed by atoms with van der Waals surface area (Å²) in [5.41, 5.74) is 1.62. The molecule has 2 unspecified atom stereocenters. The number of aromatic nitrogens is 1. The predicted octanol–water partition coefficient (Wildman–Crippen LogP) is 2.32. The normalized spacial score (nSPS) is 25.4. The number of anilines is 1. The summed E-state index contributed by atoms with van der Waals surface area (Å²) in [5.74, 6) is 0.225. The minimum Gasteiger partial charge on any atom is -0.356 e. The molecule has 2 aliphatic rings. The van der Waals surface area contributed by atoms with Gasteiger partial charge in [0.1, 0.15) is 0 Å². The van der Waals surface area contributed by atoms with Gasteiger partial charge in [0.25, 0.3) is 0 Å². The number of sulfone groups is 1. The van der Waals surface area contributed by atoms with Crippen molar-refractivity contribution < 1.29 is 8.42 Å². The molecule has 9 heteroatoms. The van der Waals surface area contributed by atoms with E-state index in [2.05, 4.69) is 10.3 Å². The lowest BCUT2D eigenvalue weighted by molar-refractivity contribution is 0.600. The van der Waals surface area contributed by atoms with E-state index in [1.807, 2.05) is 34.5 Å². The Kier molecular flexibility index (Phi) is 3.60. The fourth-order valence-corrected chi connectivity index (χ4v) is 6.44. The van der Waals surface area contributed by atoms with Crippen LogP contribution in [0.25, 0.3) is 11.3 Å². The molecule has 4 rings (SSSR count). The van der Waals surface area contributed by atoms with E-state index < -0.39 is 9.84 Å². The summed E-state index contributed by atoms with van der Waals surface area (Å²) in [4.78, 5) is 6.45. The number of hydrogen-bond acceptors (Lipinski definition) is 5. The molecular weight excluding hydrogens is 374 g/mol. The summed E-state index contributed by atoms with van der Waals surface area (Å²) < 4.78 is 23.7. The van der Waals surface area contributed by atoms with Gasteiger partial charge in [-0.15, -0.1) is 11.3 Å². The Labute approximate surface area is 148 Å². The molecule has 0 spiro atoms. The zero-order valence-electron chi connectivity index (χ0n) is 11.8. The van der Waals surface area contributed by atoms with E-state index >= 15 is 0 Å². The fourth-order valence-electron chi connectivity index (χ4n) is 3.00. The number of thiocarbonyl (C=S) groups is 1. The van der Waals surface area contributed by atoms with Gasteiger partial charge in [-0.25, -0.2) is 13.4 Å². The second kappa shape index (κ2) is 5.41. The Bertz CT molecular complexity index is 896. The van der Waals surface area contributed by atoms with Crippen molar-refractivity contribution in [2.45, 2.75) is 12.1 Å². The molecule has 0 aliphatic carbocycles. The zero-order chi connectivity index (χ0) is 16.2. The molecule has 2 fully saturated rings. The lowest BCUT2D eigenvalue weighted by Gasteiger charge is -2.19. The Morgan fingerprint density at radius 1 is 1.35 bits per heavy atom. The van der Waals surface area contributed by atoms with Gasteiger partial charge in [0.2, 0.25) is 0 Å². The Morgan fingerprint density at radius 2 is 2.13 bits per heavy atom. The number of fused-ring (bicyclic) bond motifs is 1. The third-order valence-corrected chi connectivity index (χ3v) is 7.23. The maximum absolute atomic E-state index is 11.9. The van der Waals surface area contributed by atoms with Crippen LogP contribution in [0, 0.1) is 0 Å². The average Bonchev–Trinajstić information content (AvgIpc) is 3.11. The molecule has 0 saturated carbocycles. The first kappa shape index (κ1) is 15.3. The van der Waals surface area contributed by atoms with Gasteiger partial charge in [-0.3, -0.25) is 4.90 Å². The highest BCUT2D eigenvalue weighted by Gasteiger charge is 2.48. The summed E-state index contributed by atoms with van der Waals surface area (Å²) in [6.07, 6.45) is 0. The van der Waals surface area contributed by atoms with E-state index in [9.17, 15) is 8.42 Å². The van der Waals surface area contributed by atoms with Crippen LogP contribution >= 0.6 is 35.2 Å². The molecule has 1 N–H and O–H groups in total. The van der Waals surface area contributed by atoms with Gasteiger partial charge in [-0.2, -0.15) is 0 Å². The SMILES string of the molecule is O=S1(=O)CC2NC(=S)N(c3nc(-c4ccccc4Cl)cs3)C2C1. The summed E-state index contributed by atoms with van der Waals surface area (Å²) in [6, 6.07) is 7.16. The van der Waals surface area contributed by atoms with Crippen molar-refractivity contribution in [3.05, 3.63) is 34.7 Å². The first-order chi connectivity index (χ1) is 10.9. The first-order valence-electron chi connectivity index (χ1n) is 6.95. The van der Waals surface area contributed by atoms with Crippen LogP contribution in [0.2, 0.25) is 5.02 Å². The Balaban J connectivity index is 1.69. The van der Waals surface area contributed by atoms with Gasteiger partial charge in [-0.1, -0.05) is 29.8 Å². The minimum absolute atomic E-state index is 0.103.